The fraction of sp³-hybridized carbons (Fsp3) is 0.190. The van der Waals surface area contributed by atoms with Crippen LogP contribution in [0.3, 0.4) is 0 Å². The molecule has 1 heterocycles. The summed E-state index contributed by atoms with van der Waals surface area (Å²) < 4.78 is 1.86. The van der Waals surface area contributed by atoms with E-state index in [0.717, 1.165) is 33.2 Å². The average molecular weight is 401 g/mol. The van der Waals surface area contributed by atoms with E-state index < -0.39 is 0 Å². The molecule has 0 bridgehead atoms. The SMILES string of the molecule is C=c1c(=CN(C)C)c(CNc2cc(C)c(Cl)cc2Cl)nn1-c1ccccc1. The van der Waals surface area contributed by atoms with Crippen LogP contribution in [0.1, 0.15) is 11.3 Å². The molecular weight excluding hydrogens is 379 g/mol. The number of rotatable bonds is 5. The zero-order valence-electron chi connectivity index (χ0n) is 15.6. The molecule has 1 aromatic heterocycles. The van der Waals surface area contributed by atoms with Crippen molar-refractivity contribution in [2.24, 2.45) is 0 Å². The number of hydrogen-bond donors (Lipinski definition) is 1. The summed E-state index contributed by atoms with van der Waals surface area (Å²) in [5.74, 6) is 0. The Labute approximate surface area is 169 Å². The zero-order chi connectivity index (χ0) is 19.6. The first kappa shape index (κ1) is 19.3. The van der Waals surface area contributed by atoms with E-state index >= 15 is 0 Å². The minimum Gasteiger partial charge on any atom is -0.383 e. The molecule has 0 saturated heterocycles. The Bertz CT molecular complexity index is 1060. The van der Waals surface area contributed by atoms with Gasteiger partial charge in [0.1, 0.15) is 0 Å². The first-order valence-corrected chi connectivity index (χ1v) is 9.32. The number of hydrogen-bond acceptors (Lipinski definition) is 3. The van der Waals surface area contributed by atoms with Gasteiger partial charge in [0, 0.05) is 30.5 Å². The van der Waals surface area contributed by atoms with Gasteiger partial charge in [0.25, 0.3) is 0 Å². The number of halogens is 2. The van der Waals surface area contributed by atoms with E-state index in [2.05, 4.69) is 11.9 Å². The van der Waals surface area contributed by atoms with Crippen LogP contribution in [0.15, 0.2) is 42.5 Å². The van der Waals surface area contributed by atoms with E-state index in [1.54, 1.807) is 6.07 Å². The van der Waals surface area contributed by atoms with Gasteiger partial charge in [0.15, 0.2) is 0 Å². The average Bonchev–Trinajstić information content (AvgIpc) is 2.93. The van der Waals surface area contributed by atoms with Crippen molar-refractivity contribution in [1.82, 2.24) is 14.7 Å². The van der Waals surface area contributed by atoms with Crippen LogP contribution in [0.2, 0.25) is 10.0 Å². The lowest BCUT2D eigenvalue weighted by Gasteiger charge is -2.10. The predicted molar refractivity (Wildman–Crippen MR) is 115 cm³/mol. The Hall–Kier alpha value is -2.43. The molecule has 6 heteroatoms. The van der Waals surface area contributed by atoms with Crippen molar-refractivity contribution in [3.63, 3.8) is 0 Å². The van der Waals surface area contributed by atoms with E-state index in [1.165, 1.54) is 0 Å². The monoisotopic (exact) mass is 400 g/mol. The number of nitrogens with one attached hydrogen (secondary N) is 1. The van der Waals surface area contributed by atoms with Crippen LogP contribution in [-0.2, 0) is 6.54 Å². The lowest BCUT2D eigenvalue weighted by Crippen LogP contribution is -2.30. The van der Waals surface area contributed by atoms with E-state index in [-0.39, 0.29) is 0 Å². The number of benzene rings is 2. The van der Waals surface area contributed by atoms with Gasteiger partial charge in [-0.25, -0.2) is 4.68 Å². The summed E-state index contributed by atoms with van der Waals surface area (Å²) in [7, 11) is 3.96. The van der Waals surface area contributed by atoms with Crippen LogP contribution in [0.5, 0.6) is 0 Å². The lowest BCUT2D eigenvalue weighted by molar-refractivity contribution is 0.613. The third kappa shape index (κ3) is 4.29. The maximum Gasteiger partial charge on any atom is 0.0912 e. The summed E-state index contributed by atoms with van der Waals surface area (Å²) in [5, 5.41) is 11.2. The summed E-state index contributed by atoms with van der Waals surface area (Å²) >= 11 is 12.5. The Kier molecular flexibility index (Phi) is 5.78. The maximum atomic E-state index is 6.32. The number of nitrogens with zero attached hydrogens (tertiary/aromatic N) is 3. The van der Waals surface area contributed by atoms with Crippen LogP contribution < -0.4 is 15.9 Å². The third-order valence-corrected chi connectivity index (χ3v) is 4.90. The van der Waals surface area contributed by atoms with Crippen LogP contribution in [0.4, 0.5) is 5.69 Å². The quantitative estimate of drug-likeness (QED) is 0.706. The molecule has 2 aromatic carbocycles. The maximum absolute atomic E-state index is 6.32. The summed E-state index contributed by atoms with van der Waals surface area (Å²) in [6.07, 6.45) is 2.03. The first-order chi connectivity index (χ1) is 12.9. The Balaban J connectivity index is 2.00. The van der Waals surface area contributed by atoms with Crippen LogP contribution in [0.25, 0.3) is 18.5 Å². The highest BCUT2D eigenvalue weighted by Crippen LogP contribution is 2.28. The Morgan fingerprint density at radius 2 is 1.85 bits per heavy atom. The number of para-hydroxylation sites is 1. The van der Waals surface area contributed by atoms with Crippen molar-refractivity contribution >= 4 is 41.7 Å². The van der Waals surface area contributed by atoms with Crippen molar-refractivity contribution in [3.8, 4) is 5.69 Å². The van der Waals surface area contributed by atoms with Crippen LogP contribution in [0, 0.1) is 6.92 Å². The van der Waals surface area contributed by atoms with Gasteiger partial charge in [0.2, 0.25) is 0 Å². The van der Waals surface area contributed by atoms with Gasteiger partial charge in [0.05, 0.1) is 34.0 Å². The predicted octanol–water partition coefficient (Wildman–Crippen LogP) is 3.81. The van der Waals surface area contributed by atoms with Crippen molar-refractivity contribution in [2.75, 3.05) is 19.4 Å². The molecule has 0 saturated carbocycles. The summed E-state index contributed by atoms with van der Waals surface area (Å²) in [6.45, 7) is 6.71. The minimum absolute atomic E-state index is 0.517. The molecule has 3 rings (SSSR count). The van der Waals surface area contributed by atoms with E-state index in [1.807, 2.05) is 73.2 Å². The smallest absolute Gasteiger partial charge is 0.0912 e. The van der Waals surface area contributed by atoms with E-state index in [0.29, 0.717) is 16.6 Å². The van der Waals surface area contributed by atoms with E-state index in [4.69, 9.17) is 28.3 Å². The second-order valence-electron chi connectivity index (χ2n) is 6.58. The van der Waals surface area contributed by atoms with Gasteiger partial charge in [-0.05, 0) is 36.8 Å². The summed E-state index contributed by atoms with van der Waals surface area (Å²) in [5.41, 5.74) is 3.66. The molecule has 0 amide bonds. The van der Waals surface area contributed by atoms with Crippen molar-refractivity contribution in [3.05, 3.63) is 74.3 Å². The molecule has 27 heavy (non-hydrogen) atoms. The normalized spacial score (nSPS) is 11.7. The van der Waals surface area contributed by atoms with Gasteiger partial charge in [-0.2, -0.15) is 5.10 Å². The second-order valence-corrected chi connectivity index (χ2v) is 7.40. The van der Waals surface area contributed by atoms with Crippen molar-refractivity contribution in [2.45, 2.75) is 13.5 Å². The van der Waals surface area contributed by atoms with Crippen LogP contribution >= 0.6 is 23.2 Å². The van der Waals surface area contributed by atoms with Crippen molar-refractivity contribution < 1.29 is 0 Å². The van der Waals surface area contributed by atoms with Gasteiger partial charge in [-0.3, -0.25) is 0 Å². The van der Waals surface area contributed by atoms with Gasteiger partial charge < -0.3 is 10.2 Å². The second kappa shape index (κ2) is 8.07. The van der Waals surface area contributed by atoms with Crippen molar-refractivity contribution in [1.29, 1.82) is 0 Å². The number of aromatic nitrogens is 2. The van der Waals surface area contributed by atoms with E-state index in [9.17, 15) is 0 Å². The third-order valence-electron chi connectivity index (χ3n) is 4.18. The lowest BCUT2D eigenvalue weighted by atomic mass is 10.2. The van der Waals surface area contributed by atoms with Gasteiger partial charge in [-0.1, -0.05) is 48.0 Å². The fourth-order valence-corrected chi connectivity index (χ4v) is 3.26. The topological polar surface area (TPSA) is 33.1 Å². The fourth-order valence-electron chi connectivity index (χ4n) is 2.81. The molecule has 0 radical (unpaired) electrons. The Morgan fingerprint density at radius 3 is 2.52 bits per heavy atom. The highest BCUT2D eigenvalue weighted by atomic mass is 35.5. The standard InChI is InChI=1S/C21H22Cl2N4/c1-14-10-20(19(23)11-18(14)22)24-12-21-17(13-26(3)4)15(2)27(25-21)16-8-6-5-7-9-16/h5-11,13,24H,2,12H2,1,3-4H3. The molecule has 0 spiro atoms. The molecule has 0 aliphatic carbocycles. The highest BCUT2D eigenvalue weighted by molar-refractivity contribution is 6.36. The molecule has 140 valence electrons. The molecule has 0 atom stereocenters. The largest absolute Gasteiger partial charge is 0.383 e. The van der Waals surface area contributed by atoms with Crippen LogP contribution in [-0.4, -0.2) is 28.8 Å². The number of aryl methyl sites for hydroxylation is 1. The molecule has 0 aliphatic rings. The molecule has 0 aliphatic heterocycles. The first-order valence-electron chi connectivity index (χ1n) is 8.57. The molecule has 1 N–H and O–H groups in total. The summed E-state index contributed by atoms with van der Waals surface area (Å²) in [4.78, 5) is 1.99. The summed E-state index contributed by atoms with van der Waals surface area (Å²) in [6, 6.07) is 13.7. The molecule has 4 nitrogen and oxygen atoms in total. The highest BCUT2D eigenvalue weighted by Gasteiger charge is 2.10. The van der Waals surface area contributed by atoms with Gasteiger partial charge >= 0.3 is 0 Å². The van der Waals surface area contributed by atoms with Gasteiger partial charge in [-0.15, -0.1) is 0 Å². The zero-order valence-corrected chi connectivity index (χ0v) is 17.1. The molecule has 0 fully saturated rings. The number of anilines is 1. The molecule has 3 aromatic rings. The Morgan fingerprint density at radius 1 is 1.15 bits per heavy atom. The molecular formula is C21H22Cl2N4. The molecule has 0 unspecified atom stereocenters. The minimum atomic E-state index is 0.517.